The van der Waals surface area contributed by atoms with Crippen LogP contribution in [0.3, 0.4) is 0 Å². The molecule has 0 saturated carbocycles. The Kier molecular flexibility index (Phi) is 4.34. The van der Waals surface area contributed by atoms with E-state index in [4.69, 9.17) is 11.6 Å². The molecule has 26 heavy (non-hydrogen) atoms. The van der Waals surface area contributed by atoms with Crippen LogP contribution < -0.4 is 5.56 Å². The van der Waals surface area contributed by atoms with E-state index in [9.17, 15) is 4.79 Å². The summed E-state index contributed by atoms with van der Waals surface area (Å²) < 4.78 is 1.69. The summed E-state index contributed by atoms with van der Waals surface area (Å²) in [5.41, 5.74) is 2.62. The molecule has 6 nitrogen and oxygen atoms in total. The van der Waals surface area contributed by atoms with Gasteiger partial charge in [0.25, 0.3) is 5.56 Å². The maximum absolute atomic E-state index is 12.2. The van der Waals surface area contributed by atoms with Gasteiger partial charge in [0.1, 0.15) is 10.0 Å². The van der Waals surface area contributed by atoms with Crippen LogP contribution in [0.15, 0.2) is 41.5 Å². The summed E-state index contributed by atoms with van der Waals surface area (Å²) in [5.74, 6) is 0. The van der Waals surface area contributed by atoms with Gasteiger partial charge >= 0.3 is 0 Å². The first-order valence-electron chi connectivity index (χ1n) is 8.18. The van der Waals surface area contributed by atoms with Crippen LogP contribution in [0.4, 0.5) is 0 Å². The first kappa shape index (κ1) is 16.9. The Labute approximate surface area is 158 Å². The molecular formula is C18H16ClN5OS. The Morgan fingerprint density at radius 2 is 2.12 bits per heavy atom. The van der Waals surface area contributed by atoms with E-state index in [1.807, 2.05) is 32.0 Å². The molecule has 8 heteroatoms. The van der Waals surface area contributed by atoms with Gasteiger partial charge in [-0.1, -0.05) is 29.0 Å². The topological polar surface area (TPSA) is 76.5 Å². The number of benzene rings is 1. The number of aromatic amines is 1. The number of hydrogen-bond acceptors (Lipinski definition) is 5. The van der Waals surface area contributed by atoms with Crippen molar-refractivity contribution < 1.29 is 0 Å². The fraction of sp³-hybridized carbons (Fsp3) is 0.222. The summed E-state index contributed by atoms with van der Waals surface area (Å²) >= 11 is 7.94. The monoisotopic (exact) mass is 385 g/mol. The quantitative estimate of drug-likeness (QED) is 0.574. The van der Waals surface area contributed by atoms with Gasteiger partial charge in [0, 0.05) is 35.7 Å². The second-order valence-corrected chi connectivity index (χ2v) is 7.74. The summed E-state index contributed by atoms with van der Waals surface area (Å²) in [6.07, 6.45) is 4.10. The van der Waals surface area contributed by atoms with Crippen molar-refractivity contribution in [1.29, 1.82) is 0 Å². The Bertz CT molecular complexity index is 1140. The fourth-order valence-electron chi connectivity index (χ4n) is 2.82. The fourth-order valence-corrected chi connectivity index (χ4v) is 3.96. The second-order valence-electron chi connectivity index (χ2n) is 6.30. The van der Waals surface area contributed by atoms with Crippen molar-refractivity contribution in [3.8, 4) is 10.6 Å². The zero-order valence-electron chi connectivity index (χ0n) is 14.2. The molecule has 0 saturated heterocycles. The van der Waals surface area contributed by atoms with Crippen molar-refractivity contribution in [2.75, 3.05) is 0 Å². The molecule has 1 N–H and O–H groups in total. The molecular weight excluding hydrogens is 370 g/mol. The molecule has 0 amide bonds. The molecule has 132 valence electrons. The molecule has 0 bridgehead atoms. The summed E-state index contributed by atoms with van der Waals surface area (Å²) in [5, 5.41) is 18.6. The van der Waals surface area contributed by atoms with E-state index >= 15 is 0 Å². The highest BCUT2D eigenvalue weighted by molar-refractivity contribution is 7.14. The van der Waals surface area contributed by atoms with Gasteiger partial charge in [-0.3, -0.25) is 9.89 Å². The number of pyridine rings is 1. The SMILES string of the molecule is CC(C)n1ccc(-c2nnc(Cc3ccc4[nH]ncc4c3Cl)s2)cc1=O. The number of hydrogen-bond donors (Lipinski definition) is 1. The van der Waals surface area contributed by atoms with Gasteiger partial charge < -0.3 is 4.57 Å². The lowest BCUT2D eigenvalue weighted by atomic mass is 10.1. The van der Waals surface area contributed by atoms with Gasteiger partial charge in [0.2, 0.25) is 0 Å². The Hall–Kier alpha value is -2.51. The number of nitrogens with one attached hydrogen (secondary N) is 1. The predicted octanol–water partition coefficient (Wildman–Crippen LogP) is 4.07. The first-order valence-corrected chi connectivity index (χ1v) is 9.38. The normalized spacial score (nSPS) is 11.5. The molecule has 3 heterocycles. The third-order valence-electron chi connectivity index (χ3n) is 4.20. The highest BCUT2D eigenvalue weighted by Crippen LogP contribution is 2.30. The van der Waals surface area contributed by atoms with E-state index in [0.717, 1.165) is 32.0 Å². The van der Waals surface area contributed by atoms with Crippen LogP contribution >= 0.6 is 22.9 Å². The van der Waals surface area contributed by atoms with Crippen LogP contribution in [0, 0.1) is 0 Å². The molecule has 4 rings (SSSR count). The Balaban J connectivity index is 1.62. The van der Waals surface area contributed by atoms with Gasteiger partial charge in [-0.15, -0.1) is 10.2 Å². The maximum Gasteiger partial charge on any atom is 0.251 e. The van der Waals surface area contributed by atoms with Crippen LogP contribution in [0.2, 0.25) is 5.02 Å². The standard InChI is InChI=1S/C18H16ClN5OS/c1-10(2)24-6-5-12(8-16(24)25)18-23-22-15(26-18)7-11-3-4-14-13(17(11)19)9-20-21-14/h3-6,8-10H,7H2,1-2H3,(H,20,21). The van der Waals surface area contributed by atoms with E-state index < -0.39 is 0 Å². The minimum absolute atomic E-state index is 0.0392. The molecule has 0 aliphatic rings. The number of fused-ring (bicyclic) bond motifs is 1. The van der Waals surface area contributed by atoms with Crippen LogP contribution in [-0.4, -0.2) is 25.0 Å². The van der Waals surface area contributed by atoms with E-state index in [1.54, 1.807) is 23.0 Å². The first-order chi connectivity index (χ1) is 12.5. The largest absolute Gasteiger partial charge is 0.313 e. The molecule has 0 aliphatic heterocycles. The Morgan fingerprint density at radius 1 is 1.27 bits per heavy atom. The van der Waals surface area contributed by atoms with Gasteiger partial charge in [0.15, 0.2) is 0 Å². The second kappa shape index (κ2) is 6.66. The number of halogens is 1. The average Bonchev–Trinajstić information content (AvgIpc) is 3.26. The lowest BCUT2D eigenvalue weighted by molar-refractivity contribution is 0.579. The smallest absolute Gasteiger partial charge is 0.251 e. The van der Waals surface area contributed by atoms with Crippen LogP contribution in [-0.2, 0) is 6.42 Å². The van der Waals surface area contributed by atoms with Crippen molar-refractivity contribution >= 4 is 33.8 Å². The van der Waals surface area contributed by atoms with Gasteiger partial charge in [-0.2, -0.15) is 5.10 Å². The lowest BCUT2D eigenvalue weighted by Crippen LogP contribution is -2.20. The average molecular weight is 386 g/mol. The summed E-state index contributed by atoms with van der Waals surface area (Å²) in [7, 11) is 0. The van der Waals surface area contributed by atoms with Crippen LogP contribution in [0.25, 0.3) is 21.5 Å². The highest BCUT2D eigenvalue weighted by atomic mass is 35.5. The van der Waals surface area contributed by atoms with Crippen molar-refractivity contribution in [2.24, 2.45) is 0 Å². The molecule has 0 aliphatic carbocycles. The van der Waals surface area contributed by atoms with Crippen LogP contribution in [0.5, 0.6) is 0 Å². The van der Waals surface area contributed by atoms with Crippen molar-refractivity contribution in [3.63, 3.8) is 0 Å². The van der Waals surface area contributed by atoms with E-state index in [-0.39, 0.29) is 11.6 Å². The molecule has 3 aromatic heterocycles. The van der Waals surface area contributed by atoms with Crippen molar-refractivity contribution in [1.82, 2.24) is 25.0 Å². The molecule has 4 aromatic rings. The minimum Gasteiger partial charge on any atom is -0.313 e. The third-order valence-corrected chi connectivity index (χ3v) is 5.62. The summed E-state index contributed by atoms with van der Waals surface area (Å²) in [6, 6.07) is 7.55. The third kappa shape index (κ3) is 3.04. The zero-order valence-corrected chi connectivity index (χ0v) is 15.8. The predicted molar refractivity (Wildman–Crippen MR) is 104 cm³/mol. The van der Waals surface area contributed by atoms with Gasteiger partial charge in [-0.05, 0) is 31.5 Å². The molecule has 0 atom stereocenters. The molecule has 0 unspecified atom stereocenters. The van der Waals surface area contributed by atoms with E-state index in [2.05, 4.69) is 20.4 Å². The van der Waals surface area contributed by atoms with Crippen molar-refractivity contribution in [3.05, 3.63) is 62.6 Å². The van der Waals surface area contributed by atoms with Crippen molar-refractivity contribution in [2.45, 2.75) is 26.3 Å². The molecule has 1 aromatic carbocycles. The van der Waals surface area contributed by atoms with E-state index in [1.165, 1.54) is 11.3 Å². The number of nitrogens with zero attached hydrogens (tertiary/aromatic N) is 4. The van der Waals surface area contributed by atoms with Gasteiger partial charge in [0.05, 0.1) is 16.7 Å². The molecule has 0 radical (unpaired) electrons. The lowest BCUT2D eigenvalue weighted by Gasteiger charge is -2.09. The molecule has 0 spiro atoms. The van der Waals surface area contributed by atoms with Gasteiger partial charge in [-0.25, -0.2) is 0 Å². The molecule has 0 fully saturated rings. The zero-order chi connectivity index (χ0) is 18.3. The number of aromatic nitrogens is 5. The summed E-state index contributed by atoms with van der Waals surface area (Å²) in [4.78, 5) is 12.2. The van der Waals surface area contributed by atoms with Crippen LogP contribution in [0.1, 0.15) is 30.5 Å². The van der Waals surface area contributed by atoms with E-state index in [0.29, 0.717) is 11.4 Å². The highest BCUT2D eigenvalue weighted by Gasteiger charge is 2.13. The maximum atomic E-state index is 12.2. The summed E-state index contributed by atoms with van der Waals surface area (Å²) in [6.45, 7) is 3.95. The number of H-pyrrole nitrogens is 1. The number of rotatable bonds is 4. The Morgan fingerprint density at radius 3 is 2.88 bits per heavy atom. The minimum atomic E-state index is -0.0392.